The molecule has 0 aliphatic carbocycles. The normalized spacial score (nSPS) is 25.7. The van der Waals surface area contributed by atoms with Crippen molar-refractivity contribution in [1.29, 1.82) is 0 Å². The first-order valence-electron chi connectivity index (χ1n) is 7.99. The van der Waals surface area contributed by atoms with Crippen molar-refractivity contribution in [3.8, 4) is 0 Å². The molecule has 0 fully saturated rings. The number of hydrogen-bond donors (Lipinski definition) is 1. The monoisotopic (exact) mass is 278 g/mol. The van der Waals surface area contributed by atoms with Gasteiger partial charge in [-0.3, -0.25) is 4.90 Å². The van der Waals surface area contributed by atoms with Gasteiger partial charge in [0.05, 0.1) is 6.04 Å². The number of rotatable bonds is 1. The molecule has 108 valence electrons. The molecule has 2 aliphatic heterocycles. The molecule has 0 amide bonds. The molecule has 0 saturated heterocycles. The van der Waals surface area contributed by atoms with E-state index >= 15 is 0 Å². The highest BCUT2D eigenvalue weighted by Crippen LogP contribution is 2.35. The van der Waals surface area contributed by atoms with Crippen LogP contribution in [0.2, 0.25) is 0 Å². The molecule has 2 heteroatoms. The second kappa shape index (κ2) is 4.88. The topological polar surface area (TPSA) is 19.0 Å². The lowest BCUT2D eigenvalue weighted by Crippen LogP contribution is -2.40. The van der Waals surface area contributed by atoms with Crippen LogP contribution in [0.15, 0.2) is 43.0 Å². The van der Waals surface area contributed by atoms with Gasteiger partial charge in [-0.1, -0.05) is 43.9 Å². The molecular weight excluding hydrogens is 256 g/mol. The second-order valence-electron chi connectivity index (χ2n) is 6.29. The van der Waals surface area contributed by atoms with Crippen LogP contribution in [0.3, 0.4) is 0 Å². The van der Waals surface area contributed by atoms with Crippen molar-refractivity contribution < 1.29 is 0 Å². The van der Waals surface area contributed by atoms with Gasteiger partial charge >= 0.3 is 0 Å². The Hall–Kier alpha value is -1.80. The fourth-order valence-corrected chi connectivity index (χ4v) is 3.83. The highest BCUT2D eigenvalue weighted by Gasteiger charge is 2.30. The Bertz CT molecular complexity index is 722. The molecule has 0 saturated carbocycles. The summed E-state index contributed by atoms with van der Waals surface area (Å²) in [5.74, 6) is 0.697. The van der Waals surface area contributed by atoms with E-state index < -0.39 is 0 Å². The van der Waals surface area contributed by atoms with Gasteiger partial charge in [-0.25, -0.2) is 0 Å². The molecule has 3 heterocycles. The van der Waals surface area contributed by atoms with Gasteiger partial charge in [-0.15, -0.1) is 0 Å². The van der Waals surface area contributed by atoms with Crippen LogP contribution in [0.1, 0.15) is 24.6 Å². The molecule has 4 rings (SSSR count). The third kappa shape index (κ3) is 1.97. The maximum absolute atomic E-state index is 4.42. The second-order valence-corrected chi connectivity index (χ2v) is 6.29. The molecular formula is C19H22N2. The van der Waals surface area contributed by atoms with E-state index in [0.717, 1.165) is 13.0 Å². The predicted octanol–water partition coefficient (Wildman–Crippen LogP) is 4.00. The number of benzene rings is 1. The van der Waals surface area contributed by atoms with Crippen molar-refractivity contribution in [2.24, 2.45) is 5.92 Å². The summed E-state index contributed by atoms with van der Waals surface area (Å²) in [4.78, 5) is 6.20. The van der Waals surface area contributed by atoms with Gasteiger partial charge in [-0.2, -0.15) is 0 Å². The van der Waals surface area contributed by atoms with Crippen molar-refractivity contribution in [3.63, 3.8) is 0 Å². The van der Waals surface area contributed by atoms with E-state index in [1.54, 1.807) is 0 Å². The highest BCUT2D eigenvalue weighted by molar-refractivity contribution is 5.90. The number of nitrogens with one attached hydrogen (secondary N) is 1. The molecule has 0 radical (unpaired) electrons. The van der Waals surface area contributed by atoms with Crippen molar-refractivity contribution >= 4 is 16.5 Å². The maximum Gasteiger partial charge on any atom is 0.0546 e. The first-order valence-corrected chi connectivity index (χ1v) is 7.99. The zero-order valence-corrected chi connectivity index (χ0v) is 12.6. The largest absolute Gasteiger partial charge is 0.355 e. The first kappa shape index (κ1) is 12.9. The van der Waals surface area contributed by atoms with Crippen LogP contribution in [-0.4, -0.2) is 29.0 Å². The lowest BCUT2D eigenvalue weighted by atomic mass is 9.94. The molecule has 2 atom stereocenters. The molecule has 1 aromatic carbocycles. The van der Waals surface area contributed by atoms with Crippen LogP contribution in [0.25, 0.3) is 16.5 Å². The molecule has 2 nitrogen and oxygen atoms in total. The maximum atomic E-state index is 4.42. The van der Waals surface area contributed by atoms with E-state index in [2.05, 4.69) is 59.8 Å². The number of aromatic amines is 1. The number of nitrogens with zero attached hydrogens (tertiary/aromatic N) is 1. The Balaban J connectivity index is 1.79. The van der Waals surface area contributed by atoms with Crippen LogP contribution in [0.5, 0.6) is 0 Å². The summed E-state index contributed by atoms with van der Waals surface area (Å²) in [5, 5.41) is 1.37. The fourth-order valence-electron chi connectivity index (χ4n) is 3.83. The Kier molecular flexibility index (Phi) is 3.00. The van der Waals surface area contributed by atoms with Crippen LogP contribution in [0, 0.1) is 5.92 Å². The third-order valence-corrected chi connectivity index (χ3v) is 5.09. The molecule has 2 aliphatic rings. The minimum Gasteiger partial charge on any atom is -0.355 e. The van der Waals surface area contributed by atoms with Gasteiger partial charge in [0.25, 0.3) is 0 Å². The summed E-state index contributed by atoms with van der Waals surface area (Å²) in [6.45, 7) is 8.99. The van der Waals surface area contributed by atoms with Crippen LogP contribution in [0.4, 0.5) is 0 Å². The average molecular weight is 278 g/mol. The lowest BCUT2D eigenvalue weighted by Gasteiger charge is -2.35. The molecule has 0 spiro atoms. The fraction of sp³-hybridized carbons (Fsp3) is 0.368. The van der Waals surface area contributed by atoms with Crippen molar-refractivity contribution in [3.05, 3.63) is 54.3 Å². The molecule has 1 N–H and O–H groups in total. The number of aromatic nitrogens is 1. The lowest BCUT2D eigenvalue weighted by molar-refractivity contribution is 0.229. The Labute approximate surface area is 126 Å². The molecule has 21 heavy (non-hydrogen) atoms. The molecule has 0 unspecified atom stereocenters. The zero-order valence-electron chi connectivity index (χ0n) is 12.6. The number of fused-ring (bicyclic) bond motifs is 4. The first-order chi connectivity index (χ1) is 10.3. The van der Waals surface area contributed by atoms with Crippen molar-refractivity contribution in [2.75, 3.05) is 13.1 Å². The highest BCUT2D eigenvalue weighted by atomic mass is 15.2. The molecule has 0 bridgehead atoms. The Morgan fingerprint density at radius 3 is 3.00 bits per heavy atom. The van der Waals surface area contributed by atoms with Crippen LogP contribution < -0.4 is 0 Å². The minimum atomic E-state index is 0.363. The van der Waals surface area contributed by atoms with Gasteiger partial charge < -0.3 is 4.98 Å². The van der Waals surface area contributed by atoms with Gasteiger partial charge in [0.1, 0.15) is 0 Å². The average Bonchev–Trinajstić information content (AvgIpc) is 2.84. The van der Waals surface area contributed by atoms with E-state index in [-0.39, 0.29) is 0 Å². The smallest absolute Gasteiger partial charge is 0.0546 e. The third-order valence-electron chi connectivity index (χ3n) is 5.09. The summed E-state index contributed by atoms with van der Waals surface area (Å²) in [6.07, 6.45) is 7.08. The Morgan fingerprint density at radius 2 is 2.14 bits per heavy atom. The van der Waals surface area contributed by atoms with Gasteiger partial charge in [0, 0.05) is 29.7 Å². The number of para-hydroxylation sites is 1. The SMILES string of the molecule is C=C1c2[nH]c3ccccc3c2CCN2C[C@H](CC)C=C[C@@H]12. The zero-order chi connectivity index (χ0) is 14.4. The summed E-state index contributed by atoms with van der Waals surface area (Å²) in [7, 11) is 0. The number of H-pyrrole nitrogens is 1. The van der Waals surface area contributed by atoms with Gasteiger partial charge in [0.15, 0.2) is 0 Å². The summed E-state index contributed by atoms with van der Waals surface area (Å²) >= 11 is 0. The van der Waals surface area contributed by atoms with E-state index in [0.29, 0.717) is 12.0 Å². The van der Waals surface area contributed by atoms with Gasteiger partial charge in [0.2, 0.25) is 0 Å². The minimum absolute atomic E-state index is 0.363. The number of hydrogen-bond acceptors (Lipinski definition) is 1. The van der Waals surface area contributed by atoms with Crippen molar-refractivity contribution in [2.45, 2.75) is 25.8 Å². The summed E-state index contributed by atoms with van der Waals surface area (Å²) in [5.41, 5.74) is 5.18. The summed E-state index contributed by atoms with van der Waals surface area (Å²) < 4.78 is 0. The molecule has 2 aromatic rings. The Morgan fingerprint density at radius 1 is 1.29 bits per heavy atom. The van der Waals surface area contributed by atoms with Gasteiger partial charge in [-0.05, 0) is 36.0 Å². The van der Waals surface area contributed by atoms with E-state index in [4.69, 9.17) is 0 Å². The predicted molar refractivity (Wildman–Crippen MR) is 89.3 cm³/mol. The van der Waals surface area contributed by atoms with Crippen LogP contribution in [-0.2, 0) is 6.42 Å². The quantitative estimate of drug-likeness (QED) is 0.781. The van der Waals surface area contributed by atoms with E-state index in [1.807, 2.05) is 0 Å². The standard InChI is InChI=1S/C19H22N2/c1-3-14-8-9-18-13(2)19-16(10-11-21(18)12-14)15-6-4-5-7-17(15)20-19/h4-9,14,18,20H,2-3,10-12H2,1H3/t14-,18+/m1/s1. The van der Waals surface area contributed by atoms with Crippen molar-refractivity contribution in [1.82, 2.24) is 9.88 Å². The summed E-state index contributed by atoms with van der Waals surface area (Å²) in [6, 6.07) is 8.98. The molecule has 1 aromatic heterocycles. The van der Waals surface area contributed by atoms with E-state index in [1.165, 1.54) is 40.7 Å². The van der Waals surface area contributed by atoms with Crippen LogP contribution >= 0.6 is 0 Å². The van der Waals surface area contributed by atoms with E-state index in [9.17, 15) is 0 Å².